The Morgan fingerprint density at radius 2 is 0.636 bits per heavy atom. The summed E-state index contributed by atoms with van der Waals surface area (Å²) in [6.45, 7) is 0. The molecule has 0 saturated heterocycles. The maximum absolute atomic E-state index is 2.31. The number of hydrogen-bond donors (Lipinski definition) is 0. The standard InChI is InChI=1S/C54H43N/c1-5-13-42(14-6-1)21-23-44-25-29-49(30-26-44)54(41-46-17-9-3-10-18-46)50-33-31-47(32-34-50)48-35-39-53(40-36-48)55(51-19-11-4-12-20-51)52-37-27-45(28-38-52)24-22-43-15-7-2-8-16-43/h1-40,54H,41H2/b23-21+,24-22+. The lowest BCUT2D eigenvalue weighted by molar-refractivity contribution is 0.805. The quantitative estimate of drug-likeness (QED) is 0.114. The number of rotatable bonds is 12. The molecule has 1 heteroatoms. The lowest BCUT2D eigenvalue weighted by atomic mass is 9.85. The zero-order chi connectivity index (χ0) is 37.1. The van der Waals surface area contributed by atoms with E-state index in [1.54, 1.807) is 0 Å². The number of hydrogen-bond acceptors (Lipinski definition) is 1. The summed E-state index contributed by atoms with van der Waals surface area (Å²) in [6, 6.07) is 78.2. The van der Waals surface area contributed by atoms with E-state index in [9.17, 15) is 0 Å². The van der Waals surface area contributed by atoms with Crippen molar-refractivity contribution in [2.45, 2.75) is 12.3 Å². The van der Waals surface area contributed by atoms with Gasteiger partial charge >= 0.3 is 0 Å². The fraction of sp³-hybridized carbons (Fsp3) is 0.0370. The molecule has 8 rings (SSSR count). The van der Waals surface area contributed by atoms with Gasteiger partial charge in [-0.25, -0.2) is 0 Å². The van der Waals surface area contributed by atoms with Crippen molar-refractivity contribution in [3.63, 3.8) is 0 Å². The lowest BCUT2D eigenvalue weighted by Gasteiger charge is -2.25. The molecule has 0 heterocycles. The first-order valence-corrected chi connectivity index (χ1v) is 19.0. The van der Waals surface area contributed by atoms with E-state index in [0.29, 0.717) is 0 Å². The number of para-hydroxylation sites is 1. The van der Waals surface area contributed by atoms with Gasteiger partial charge in [0.25, 0.3) is 0 Å². The minimum atomic E-state index is 0.241. The fourth-order valence-electron chi connectivity index (χ4n) is 7.10. The van der Waals surface area contributed by atoms with Crippen LogP contribution in [-0.4, -0.2) is 0 Å². The summed E-state index contributed by atoms with van der Waals surface area (Å²) < 4.78 is 0. The Bertz CT molecular complexity index is 2430. The van der Waals surface area contributed by atoms with Crippen LogP contribution < -0.4 is 4.90 Å². The van der Waals surface area contributed by atoms with E-state index in [2.05, 4.69) is 242 Å². The monoisotopic (exact) mass is 705 g/mol. The molecule has 1 atom stereocenters. The molecule has 0 saturated carbocycles. The highest BCUT2D eigenvalue weighted by Gasteiger charge is 2.16. The highest BCUT2D eigenvalue weighted by molar-refractivity contribution is 5.79. The van der Waals surface area contributed by atoms with Crippen molar-refractivity contribution in [2.75, 3.05) is 4.90 Å². The first kappa shape index (κ1) is 35.1. The smallest absolute Gasteiger partial charge is 0.0462 e. The Morgan fingerprint density at radius 1 is 0.309 bits per heavy atom. The third kappa shape index (κ3) is 8.99. The van der Waals surface area contributed by atoms with Crippen LogP contribution in [0.3, 0.4) is 0 Å². The molecule has 0 radical (unpaired) electrons. The average Bonchev–Trinajstić information content (AvgIpc) is 3.27. The second-order valence-corrected chi connectivity index (χ2v) is 13.8. The van der Waals surface area contributed by atoms with Crippen LogP contribution in [-0.2, 0) is 6.42 Å². The van der Waals surface area contributed by atoms with Crippen molar-refractivity contribution < 1.29 is 0 Å². The minimum absolute atomic E-state index is 0.241. The molecule has 8 aromatic carbocycles. The van der Waals surface area contributed by atoms with Gasteiger partial charge in [-0.1, -0.05) is 206 Å². The van der Waals surface area contributed by atoms with Crippen LogP contribution in [0.1, 0.15) is 44.9 Å². The van der Waals surface area contributed by atoms with Crippen LogP contribution in [0.15, 0.2) is 218 Å². The van der Waals surface area contributed by atoms with E-state index in [1.165, 1.54) is 50.1 Å². The topological polar surface area (TPSA) is 3.24 Å². The van der Waals surface area contributed by atoms with E-state index >= 15 is 0 Å². The first-order chi connectivity index (χ1) is 27.2. The van der Waals surface area contributed by atoms with E-state index < -0.39 is 0 Å². The van der Waals surface area contributed by atoms with Gasteiger partial charge in [0.05, 0.1) is 0 Å². The SMILES string of the molecule is C(=C\c1ccc(C(Cc2ccccc2)c2ccc(-c3ccc(N(c4ccccc4)c4ccc(/C=C/c5ccccc5)cc4)cc3)cc2)cc1)/c1ccccc1. The molecule has 0 aliphatic heterocycles. The van der Waals surface area contributed by atoms with E-state index in [-0.39, 0.29) is 5.92 Å². The molecule has 0 amide bonds. The van der Waals surface area contributed by atoms with Crippen LogP contribution in [0.4, 0.5) is 17.1 Å². The highest BCUT2D eigenvalue weighted by atomic mass is 15.1. The predicted molar refractivity (Wildman–Crippen MR) is 236 cm³/mol. The van der Waals surface area contributed by atoms with Crippen molar-refractivity contribution in [1.82, 2.24) is 0 Å². The normalized spacial score (nSPS) is 11.9. The van der Waals surface area contributed by atoms with Crippen LogP contribution in [0.5, 0.6) is 0 Å². The zero-order valence-corrected chi connectivity index (χ0v) is 30.8. The molecule has 1 nitrogen and oxygen atoms in total. The largest absolute Gasteiger partial charge is 0.311 e. The zero-order valence-electron chi connectivity index (χ0n) is 30.8. The van der Waals surface area contributed by atoms with Crippen molar-refractivity contribution in [3.8, 4) is 11.1 Å². The van der Waals surface area contributed by atoms with Gasteiger partial charge in [0.1, 0.15) is 0 Å². The first-order valence-electron chi connectivity index (χ1n) is 19.0. The summed E-state index contributed by atoms with van der Waals surface area (Å²) in [7, 11) is 0. The second-order valence-electron chi connectivity index (χ2n) is 13.8. The second kappa shape index (κ2) is 17.2. The van der Waals surface area contributed by atoms with Gasteiger partial charge in [0.2, 0.25) is 0 Å². The Balaban J connectivity index is 1.03. The number of benzene rings is 8. The Kier molecular flexibility index (Phi) is 11.0. The summed E-state index contributed by atoms with van der Waals surface area (Å²) in [5.74, 6) is 0.241. The van der Waals surface area contributed by atoms with Crippen molar-refractivity contribution >= 4 is 41.4 Å². The van der Waals surface area contributed by atoms with Gasteiger partial charge in [-0.05, 0) is 92.9 Å². The molecular weight excluding hydrogens is 663 g/mol. The molecule has 1 unspecified atom stereocenters. The third-order valence-electron chi connectivity index (χ3n) is 10.1. The molecule has 0 bridgehead atoms. The van der Waals surface area contributed by atoms with E-state index in [0.717, 1.165) is 23.5 Å². The molecule has 8 aromatic rings. The molecule has 0 aliphatic rings. The van der Waals surface area contributed by atoms with E-state index in [4.69, 9.17) is 0 Å². The maximum Gasteiger partial charge on any atom is 0.0462 e. The Hall–Kier alpha value is -6.96. The number of anilines is 3. The number of nitrogens with zero attached hydrogens (tertiary/aromatic N) is 1. The molecule has 55 heavy (non-hydrogen) atoms. The van der Waals surface area contributed by atoms with Crippen LogP contribution >= 0.6 is 0 Å². The third-order valence-corrected chi connectivity index (χ3v) is 10.1. The predicted octanol–water partition coefficient (Wildman–Crippen LogP) is 14.5. The lowest BCUT2D eigenvalue weighted by Crippen LogP contribution is -2.09. The van der Waals surface area contributed by atoms with Crippen molar-refractivity contribution in [2.24, 2.45) is 0 Å². The molecule has 264 valence electrons. The average molecular weight is 706 g/mol. The summed E-state index contributed by atoms with van der Waals surface area (Å²) in [6.07, 6.45) is 9.61. The van der Waals surface area contributed by atoms with Gasteiger partial charge in [-0.15, -0.1) is 0 Å². The highest BCUT2D eigenvalue weighted by Crippen LogP contribution is 2.36. The van der Waals surface area contributed by atoms with E-state index in [1.807, 2.05) is 6.07 Å². The molecule has 0 fully saturated rings. The Morgan fingerprint density at radius 3 is 1.11 bits per heavy atom. The van der Waals surface area contributed by atoms with Gasteiger partial charge in [-0.2, -0.15) is 0 Å². The molecule has 0 spiro atoms. The van der Waals surface area contributed by atoms with Crippen LogP contribution in [0.2, 0.25) is 0 Å². The van der Waals surface area contributed by atoms with Gasteiger partial charge in [0.15, 0.2) is 0 Å². The molecular formula is C54H43N. The summed E-state index contributed by atoms with van der Waals surface area (Å²) >= 11 is 0. The Labute approximate surface area is 325 Å². The van der Waals surface area contributed by atoms with Crippen molar-refractivity contribution in [1.29, 1.82) is 0 Å². The minimum Gasteiger partial charge on any atom is -0.311 e. The maximum atomic E-state index is 2.31. The van der Waals surface area contributed by atoms with Crippen LogP contribution in [0, 0.1) is 0 Å². The van der Waals surface area contributed by atoms with Gasteiger partial charge in [-0.3, -0.25) is 0 Å². The summed E-state index contributed by atoms with van der Waals surface area (Å²) in [4.78, 5) is 2.31. The molecule has 0 N–H and O–H groups in total. The molecule has 0 aliphatic carbocycles. The van der Waals surface area contributed by atoms with Gasteiger partial charge < -0.3 is 4.90 Å². The molecule has 0 aromatic heterocycles. The van der Waals surface area contributed by atoms with Crippen LogP contribution in [0.25, 0.3) is 35.4 Å². The fourth-order valence-corrected chi connectivity index (χ4v) is 7.10. The summed E-state index contributed by atoms with van der Waals surface area (Å²) in [5.41, 5.74) is 14.5. The summed E-state index contributed by atoms with van der Waals surface area (Å²) in [5, 5.41) is 0. The van der Waals surface area contributed by atoms with Gasteiger partial charge in [0, 0.05) is 23.0 Å². The van der Waals surface area contributed by atoms with Crippen molar-refractivity contribution in [3.05, 3.63) is 257 Å².